The normalized spacial score (nSPS) is 12.3. The Morgan fingerprint density at radius 1 is 1.25 bits per heavy atom. The summed E-state index contributed by atoms with van der Waals surface area (Å²) < 4.78 is 2.31. The highest BCUT2D eigenvalue weighted by Crippen LogP contribution is 2.38. The van der Waals surface area contributed by atoms with Crippen molar-refractivity contribution in [2.24, 2.45) is 0 Å². The number of aliphatic hydroxyl groups excluding tert-OH is 1. The lowest BCUT2D eigenvalue weighted by Gasteiger charge is -2.24. The summed E-state index contributed by atoms with van der Waals surface area (Å²) in [4.78, 5) is 11.6. The van der Waals surface area contributed by atoms with E-state index in [0.717, 1.165) is 28.5 Å². The molecule has 1 heterocycles. The molecule has 0 bridgehead atoms. The zero-order valence-corrected chi connectivity index (χ0v) is 15.6. The van der Waals surface area contributed by atoms with Gasteiger partial charge < -0.3 is 14.8 Å². The number of hydrogen-bond acceptors (Lipinski definition) is 2. The van der Waals surface area contributed by atoms with Crippen LogP contribution in [0.2, 0.25) is 0 Å². The molecule has 4 heteroatoms. The molecule has 0 aliphatic rings. The number of benzene rings is 1. The largest absolute Gasteiger partial charge is 0.478 e. The second kappa shape index (κ2) is 6.60. The predicted molar refractivity (Wildman–Crippen MR) is 98.1 cm³/mol. The molecule has 0 aliphatic heterocycles. The molecule has 0 fully saturated rings. The minimum absolute atomic E-state index is 0.137. The van der Waals surface area contributed by atoms with Crippen molar-refractivity contribution in [3.63, 3.8) is 0 Å². The van der Waals surface area contributed by atoms with Crippen molar-refractivity contribution in [1.29, 1.82) is 0 Å². The molecule has 132 valence electrons. The molecule has 4 nitrogen and oxygen atoms in total. The maximum absolute atomic E-state index is 11.6. The van der Waals surface area contributed by atoms with Crippen LogP contribution in [0.3, 0.4) is 0 Å². The highest BCUT2D eigenvalue weighted by Gasteiger charge is 2.26. The van der Waals surface area contributed by atoms with E-state index in [0.29, 0.717) is 12.0 Å². The summed E-state index contributed by atoms with van der Waals surface area (Å²) in [5.74, 6) is -0.898. The van der Waals surface area contributed by atoms with Crippen LogP contribution in [0.15, 0.2) is 12.1 Å². The third kappa shape index (κ3) is 3.20. The third-order valence-electron chi connectivity index (χ3n) is 4.63. The van der Waals surface area contributed by atoms with Crippen LogP contribution in [0.4, 0.5) is 0 Å². The summed E-state index contributed by atoms with van der Waals surface area (Å²) in [6.07, 6.45) is 1.44. The fraction of sp³-hybridized carbons (Fsp3) is 0.550. The first kappa shape index (κ1) is 18.5. The Labute approximate surface area is 144 Å². The van der Waals surface area contributed by atoms with E-state index in [1.807, 2.05) is 6.07 Å². The lowest BCUT2D eigenvalue weighted by Crippen LogP contribution is -2.16. The van der Waals surface area contributed by atoms with Crippen molar-refractivity contribution in [1.82, 2.24) is 4.57 Å². The standard InChI is InChI=1S/C20H29NO3/c1-12(2)21-13(3)15(8-7-9-22)16-10-14(19(23)24)11-17(18(16)21)20(4,5)6/h10-12,22H,7-9H2,1-6H3,(H,23,24). The third-order valence-corrected chi connectivity index (χ3v) is 4.63. The molecule has 0 atom stereocenters. The van der Waals surface area contributed by atoms with Gasteiger partial charge in [0.15, 0.2) is 0 Å². The van der Waals surface area contributed by atoms with Gasteiger partial charge in [0.25, 0.3) is 0 Å². The number of hydrogen-bond donors (Lipinski definition) is 2. The van der Waals surface area contributed by atoms with Crippen molar-refractivity contribution < 1.29 is 15.0 Å². The lowest BCUT2D eigenvalue weighted by atomic mass is 9.84. The molecular weight excluding hydrogens is 302 g/mol. The molecule has 0 amide bonds. The van der Waals surface area contributed by atoms with E-state index in [4.69, 9.17) is 0 Å². The lowest BCUT2D eigenvalue weighted by molar-refractivity contribution is 0.0697. The Hall–Kier alpha value is -1.81. The second-order valence-electron chi connectivity index (χ2n) is 7.83. The van der Waals surface area contributed by atoms with Crippen LogP contribution in [0, 0.1) is 6.92 Å². The maximum Gasteiger partial charge on any atom is 0.335 e. The van der Waals surface area contributed by atoms with Crippen molar-refractivity contribution in [2.75, 3.05) is 6.61 Å². The predicted octanol–water partition coefficient (Wildman–Crippen LogP) is 4.45. The van der Waals surface area contributed by atoms with Gasteiger partial charge in [-0.25, -0.2) is 4.79 Å². The van der Waals surface area contributed by atoms with Gasteiger partial charge in [-0.2, -0.15) is 0 Å². The SMILES string of the molecule is Cc1c(CCCO)c2cc(C(=O)O)cc(C(C)(C)C)c2n1C(C)C. The molecule has 0 spiro atoms. The highest BCUT2D eigenvalue weighted by atomic mass is 16.4. The summed E-state index contributed by atoms with van der Waals surface area (Å²) in [5, 5.41) is 19.8. The number of carboxylic acid groups (broad SMARTS) is 1. The van der Waals surface area contributed by atoms with E-state index in [1.165, 1.54) is 5.69 Å². The molecule has 1 aromatic carbocycles. The van der Waals surface area contributed by atoms with Gasteiger partial charge in [0, 0.05) is 23.7 Å². The van der Waals surface area contributed by atoms with Crippen LogP contribution < -0.4 is 0 Å². The van der Waals surface area contributed by atoms with E-state index >= 15 is 0 Å². The first-order chi connectivity index (χ1) is 11.1. The van der Waals surface area contributed by atoms with Gasteiger partial charge in [-0.05, 0) is 62.3 Å². The molecule has 1 aromatic heterocycles. The smallest absolute Gasteiger partial charge is 0.335 e. The Bertz CT molecular complexity index is 764. The van der Waals surface area contributed by atoms with E-state index in [-0.39, 0.29) is 18.1 Å². The molecule has 24 heavy (non-hydrogen) atoms. The number of carbonyl (C=O) groups is 1. The Balaban J connectivity index is 2.96. The van der Waals surface area contributed by atoms with Gasteiger partial charge in [-0.1, -0.05) is 20.8 Å². The zero-order valence-electron chi connectivity index (χ0n) is 15.6. The molecule has 0 unspecified atom stereocenters. The number of nitrogens with zero attached hydrogens (tertiary/aromatic N) is 1. The number of aromatic carboxylic acids is 1. The number of aromatic nitrogens is 1. The molecule has 0 radical (unpaired) electrons. The summed E-state index contributed by atoms with van der Waals surface area (Å²) in [6.45, 7) is 12.9. The fourth-order valence-electron chi connectivity index (χ4n) is 3.54. The molecule has 0 aliphatic carbocycles. The molecule has 2 aromatic rings. The van der Waals surface area contributed by atoms with E-state index in [2.05, 4.69) is 46.1 Å². The van der Waals surface area contributed by atoms with Crippen LogP contribution in [0.1, 0.15) is 74.3 Å². The average Bonchev–Trinajstić information content (AvgIpc) is 2.74. The fourth-order valence-corrected chi connectivity index (χ4v) is 3.54. The van der Waals surface area contributed by atoms with Gasteiger partial charge in [0.05, 0.1) is 11.1 Å². The number of rotatable bonds is 5. The van der Waals surface area contributed by atoms with Crippen molar-refractivity contribution >= 4 is 16.9 Å². The van der Waals surface area contributed by atoms with E-state index in [1.54, 1.807) is 6.07 Å². The van der Waals surface area contributed by atoms with Crippen molar-refractivity contribution in [2.45, 2.75) is 65.8 Å². The summed E-state index contributed by atoms with van der Waals surface area (Å²) in [6, 6.07) is 3.90. The minimum Gasteiger partial charge on any atom is -0.478 e. The molecule has 0 saturated carbocycles. The van der Waals surface area contributed by atoms with E-state index in [9.17, 15) is 15.0 Å². The Morgan fingerprint density at radius 3 is 2.33 bits per heavy atom. The van der Waals surface area contributed by atoms with Crippen LogP contribution in [0.25, 0.3) is 10.9 Å². The quantitative estimate of drug-likeness (QED) is 0.851. The highest BCUT2D eigenvalue weighted by molar-refractivity contribution is 5.97. The van der Waals surface area contributed by atoms with E-state index < -0.39 is 5.97 Å². The Morgan fingerprint density at radius 2 is 1.88 bits per heavy atom. The maximum atomic E-state index is 11.6. The summed E-state index contributed by atoms with van der Waals surface area (Å²) >= 11 is 0. The Kier molecular flexibility index (Phi) is 5.09. The minimum atomic E-state index is -0.898. The number of fused-ring (bicyclic) bond motifs is 1. The van der Waals surface area contributed by atoms with Crippen LogP contribution >= 0.6 is 0 Å². The first-order valence-corrected chi connectivity index (χ1v) is 8.61. The summed E-state index contributed by atoms with van der Waals surface area (Å²) in [7, 11) is 0. The van der Waals surface area contributed by atoms with Gasteiger partial charge in [0.2, 0.25) is 0 Å². The van der Waals surface area contributed by atoms with Gasteiger partial charge >= 0.3 is 5.97 Å². The molecular formula is C20H29NO3. The van der Waals surface area contributed by atoms with Crippen LogP contribution in [0.5, 0.6) is 0 Å². The topological polar surface area (TPSA) is 62.5 Å². The van der Waals surface area contributed by atoms with Crippen LogP contribution in [-0.4, -0.2) is 27.4 Å². The number of carboxylic acids is 1. The monoisotopic (exact) mass is 331 g/mol. The second-order valence-corrected chi connectivity index (χ2v) is 7.83. The first-order valence-electron chi connectivity index (χ1n) is 8.61. The van der Waals surface area contributed by atoms with Crippen LogP contribution in [-0.2, 0) is 11.8 Å². The van der Waals surface area contributed by atoms with Gasteiger partial charge in [-0.3, -0.25) is 0 Å². The average molecular weight is 331 g/mol. The zero-order chi connectivity index (χ0) is 18.2. The van der Waals surface area contributed by atoms with Gasteiger partial charge in [0.1, 0.15) is 0 Å². The molecule has 2 N–H and O–H groups in total. The van der Waals surface area contributed by atoms with Gasteiger partial charge in [-0.15, -0.1) is 0 Å². The molecule has 2 rings (SSSR count). The molecule has 0 saturated heterocycles. The van der Waals surface area contributed by atoms with Crippen molar-refractivity contribution in [3.8, 4) is 0 Å². The summed E-state index contributed by atoms with van der Waals surface area (Å²) in [5.41, 5.74) is 4.69. The van der Waals surface area contributed by atoms with Crippen molar-refractivity contribution in [3.05, 3.63) is 34.5 Å². The number of aryl methyl sites for hydroxylation is 1. The number of aliphatic hydroxyl groups is 1.